The summed E-state index contributed by atoms with van der Waals surface area (Å²) >= 11 is 0. The minimum Gasteiger partial charge on any atom is -0.870 e. The molecule has 0 bridgehead atoms. The summed E-state index contributed by atoms with van der Waals surface area (Å²) in [5.74, 6) is 0. The molecule has 4 nitrogen and oxygen atoms in total. The summed E-state index contributed by atoms with van der Waals surface area (Å²) in [5, 5.41) is 0. The number of rotatable bonds is 2. The smallest absolute Gasteiger partial charge is 0.870 e. The van der Waals surface area contributed by atoms with Crippen molar-refractivity contribution < 1.29 is 50.5 Å². The molecule has 0 radical (unpaired) electrons. The number of nitrogens with zero attached hydrogens (tertiary/aromatic N) is 1. The van der Waals surface area contributed by atoms with Crippen LogP contribution in [0.2, 0.25) is 0 Å². The van der Waals surface area contributed by atoms with Gasteiger partial charge >= 0.3 is 29.6 Å². The van der Waals surface area contributed by atoms with E-state index in [0.717, 1.165) is 11.0 Å². The Morgan fingerprint density at radius 1 is 0.933 bits per heavy atom. The van der Waals surface area contributed by atoms with Gasteiger partial charge in [0.1, 0.15) is 6.54 Å². The van der Waals surface area contributed by atoms with Crippen molar-refractivity contribution >= 4 is 0 Å². The monoisotopic (exact) mass is 225 g/mol. The molecule has 0 atom stereocenters. The molecule has 0 fully saturated rings. The molecule has 5 heteroatoms. The van der Waals surface area contributed by atoms with E-state index in [1.165, 1.54) is 5.56 Å². The molecule has 0 aliphatic carbocycles. The van der Waals surface area contributed by atoms with Crippen molar-refractivity contribution in [2.24, 2.45) is 0 Å². The first-order valence-electron chi connectivity index (χ1n) is 3.92. The largest absolute Gasteiger partial charge is 1.00 e. The van der Waals surface area contributed by atoms with Crippen LogP contribution in [-0.4, -0.2) is 42.1 Å². The average Bonchev–Trinajstić information content (AvgIpc) is 1.85. The molecule has 1 rings (SSSR count). The van der Waals surface area contributed by atoms with Gasteiger partial charge in [0, 0.05) is 5.56 Å². The Bertz CT molecular complexity index is 224. The third-order valence-electron chi connectivity index (χ3n) is 1.50. The van der Waals surface area contributed by atoms with Gasteiger partial charge in [-0.25, -0.2) is 0 Å². The zero-order chi connectivity index (χ0) is 8.32. The number of quaternary nitrogens is 1. The van der Waals surface area contributed by atoms with E-state index in [2.05, 4.69) is 51.5 Å². The minimum atomic E-state index is 0. The second-order valence-corrected chi connectivity index (χ2v) is 3.93. The zero-order valence-electron chi connectivity index (χ0n) is 9.94. The van der Waals surface area contributed by atoms with Gasteiger partial charge in [0.15, 0.2) is 0 Å². The summed E-state index contributed by atoms with van der Waals surface area (Å²) < 4.78 is 0.990. The Morgan fingerprint density at radius 3 is 1.67 bits per heavy atom. The van der Waals surface area contributed by atoms with E-state index in [-0.39, 0.29) is 46.0 Å². The van der Waals surface area contributed by atoms with Crippen molar-refractivity contribution in [3.63, 3.8) is 0 Å². The van der Waals surface area contributed by atoms with E-state index >= 15 is 0 Å². The maximum Gasteiger partial charge on any atom is 1.00 e. The third kappa shape index (κ3) is 12.0. The first kappa shape index (κ1) is 24.3. The molecule has 0 aliphatic heterocycles. The standard InChI is InChI=1S/C10H16N.Na.3H2O/c1-11(2,3)9-10-7-5-4-6-8-10;;;;/h4-8H,9H2,1-3H3;;3*1H2/q2*+1;;;/p-2. The van der Waals surface area contributed by atoms with Crippen LogP contribution in [0.3, 0.4) is 0 Å². The number of hydrogen-bond donors (Lipinski definition) is 0. The van der Waals surface area contributed by atoms with E-state index in [4.69, 9.17) is 0 Å². The van der Waals surface area contributed by atoms with Gasteiger partial charge in [-0.1, -0.05) is 30.3 Å². The Balaban J connectivity index is -0.000000151. The van der Waals surface area contributed by atoms with Gasteiger partial charge in [-0.3, -0.25) is 0 Å². The van der Waals surface area contributed by atoms with E-state index in [1.54, 1.807) is 0 Å². The molecule has 0 aromatic heterocycles. The van der Waals surface area contributed by atoms with Crippen LogP contribution in [-0.2, 0) is 6.54 Å². The summed E-state index contributed by atoms with van der Waals surface area (Å²) in [4.78, 5) is 0. The molecular formula is C10H20NNaO3. The van der Waals surface area contributed by atoms with Gasteiger partial charge in [0.25, 0.3) is 0 Å². The Morgan fingerprint density at radius 2 is 1.33 bits per heavy atom. The van der Waals surface area contributed by atoms with Crippen LogP contribution in [0.1, 0.15) is 5.56 Å². The van der Waals surface area contributed by atoms with Crippen molar-refractivity contribution in [2.45, 2.75) is 6.54 Å². The van der Waals surface area contributed by atoms with Gasteiger partial charge in [0.05, 0.1) is 21.1 Å². The van der Waals surface area contributed by atoms with Crippen LogP contribution in [0.5, 0.6) is 0 Å². The van der Waals surface area contributed by atoms with Crippen LogP contribution in [0, 0.1) is 0 Å². The molecule has 0 heterocycles. The predicted octanol–water partition coefficient (Wildman–Crippen LogP) is -2.28. The summed E-state index contributed by atoms with van der Waals surface area (Å²) in [6, 6.07) is 10.6. The maximum absolute atomic E-state index is 2.20. The molecule has 0 saturated carbocycles. The topological polar surface area (TPSA) is 91.5 Å². The molecule has 0 saturated heterocycles. The average molecular weight is 225 g/mol. The van der Waals surface area contributed by atoms with Crippen LogP contribution in [0.15, 0.2) is 30.3 Å². The first-order chi connectivity index (χ1) is 5.08. The second-order valence-electron chi connectivity index (χ2n) is 3.93. The van der Waals surface area contributed by atoms with Crippen molar-refractivity contribution in [2.75, 3.05) is 21.1 Å². The molecule has 84 valence electrons. The maximum atomic E-state index is 2.20. The predicted molar refractivity (Wildman–Crippen MR) is 55.7 cm³/mol. The molecule has 4 N–H and O–H groups in total. The van der Waals surface area contributed by atoms with E-state index in [9.17, 15) is 0 Å². The van der Waals surface area contributed by atoms with Crippen LogP contribution in [0.4, 0.5) is 0 Å². The molecule has 0 spiro atoms. The summed E-state index contributed by atoms with van der Waals surface area (Å²) in [6.45, 7) is 1.10. The fourth-order valence-corrected chi connectivity index (χ4v) is 1.13. The van der Waals surface area contributed by atoms with Gasteiger partial charge in [-0.05, 0) is 0 Å². The zero-order valence-corrected chi connectivity index (χ0v) is 11.9. The van der Waals surface area contributed by atoms with Gasteiger partial charge in [-0.15, -0.1) is 0 Å². The van der Waals surface area contributed by atoms with E-state index in [0.29, 0.717) is 0 Å². The van der Waals surface area contributed by atoms with E-state index < -0.39 is 0 Å². The summed E-state index contributed by atoms with van der Waals surface area (Å²) in [7, 11) is 6.60. The number of benzene rings is 1. The van der Waals surface area contributed by atoms with Crippen molar-refractivity contribution in [1.82, 2.24) is 0 Å². The van der Waals surface area contributed by atoms with Crippen molar-refractivity contribution in [3.05, 3.63) is 35.9 Å². The summed E-state index contributed by atoms with van der Waals surface area (Å²) in [5.41, 5.74) is 1.40. The first-order valence-corrected chi connectivity index (χ1v) is 3.92. The third-order valence-corrected chi connectivity index (χ3v) is 1.50. The molecule has 0 amide bonds. The Kier molecular flexibility index (Phi) is 17.2. The van der Waals surface area contributed by atoms with E-state index in [1.807, 2.05) is 0 Å². The Labute approximate surface area is 114 Å². The summed E-state index contributed by atoms with van der Waals surface area (Å²) in [6.07, 6.45) is 0. The SMILES string of the molecule is C[N+](C)(C)Cc1ccccc1.O.[Na+].[OH-].[OH-]. The quantitative estimate of drug-likeness (QED) is 0.419. The van der Waals surface area contributed by atoms with Crippen molar-refractivity contribution in [3.8, 4) is 0 Å². The molecule has 0 aliphatic rings. The van der Waals surface area contributed by atoms with Crippen LogP contribution in [0.25, 0.3) is 0 Å². The van der Waals surface area contributed by atoms with Gasteiger partial charge < -0.3 is 20.9 Å². The number of hydrogen-bond acceptors (Lipinski definition) is 2. The van der Waals surface area contributed by atoms with Crippen molar-refractivity contribution in [1.29, 1.82) is 0 Å². The Hall–Kier alpha value is 0.0600. The molecular weight excluding hydrogens is 205 g/mol. The normalized spacial score (nSPS) is 8.47. The fraction of sp³-hybridized carbons (Fsp3) is 0.400. The molecule has 15 heavy (non-hydrogen) atoms. The molecule has 0 unspecified atom stereocenters. The van der Waals surface area contributed by atoms with Gasteiger partial charge in [-0.2, -0.15) is 0 Å². The van der Waals surface area contributed by atoms with Crippen LogP contribution >= 0.6 is 0 Å². The van der Waals surface area contributed by atoms with Gasteiger partial charge in [0.2, 0.25) is 0 Å². The second kappa shape index (κ2) is 10.6. The molecule has 1 aromatic rings. The van der Waals surface area contributed by atoms with Crippen LogP contribution < -0.4 is 29.6 Å². The molecule has 1 aromatic carbocycles. The minimum absolute atomic E-state index is 0. The fourth-order valence-electron chi connectivity index (χ4n) is 1.13.